The fourth-order valence-corrected chi connectivity index (χ4v) is 3.55. The number of nitrogens with one attached hydrogen (secondary N) is 2. The van der Waals surface area contributed by atoms with Crippen LogP contribution in [-0.4, -0.2) is 42.2 Å². The quantitative estimate of drug-likeness (QED) is 0.704. The summed E-state index contributed by atoms with van der Waals surface area (Å²) in [6.45, 7) is 3.46. The highest BCUT2D eigenvalue weighted by Gasteiger charge is 2.66. The number of benzene rings is 1. The molecule has 0 bridgehead atoms. The van der Waals surface area contributed by atoms with Crippen molar-refractivity contribution < 1.29 is 29.0 Å². The van der Waals surface area contributed by atoms with E-state index in [0.717, 1.165) is 0 Å². The Kier molecular flexibility index (Phi) is 4.14. The second kappa shape index (κ2) is 6.05. The van der Waals surface area contributed by atoms with E-state index in [0.29, 0.717) is 16.7 Å². The van der Waals surface area contributed by atoms with Crippen LogP contribution in [0.4, 0.5) is 5.69 Å². The third kappa shape index (κ3) is 2.58. The Balaban J connectivity index is 2.05. The van der Waals surface area contributed by atoms with Gasteiger partial charge in [-0.1, -0.05) is 19.9 Å². The Morgan fingerprint density at radius 3 is 2.42 bits per heavy atom. The van der Waals surface area contributed by atoms with E-state index in [1.807, 2.05) is 0 Å². The molecule has 1 aromatic carbocycles. The lowest BCUT2D eigenvalue weighted by atomic mass is 10.1. The van der Waals surface area contributed by atoms with Crippen molar-refractivity contribution in [1.29, 1.82) is 0 Å². The number of methoxy groups -OCH3 is 2. The van der Waals surface area contributed by atoms with Gasteiger partial charge in [0.2, 0.25) is 5.91 Å². The molecule has 0 spiro atoms. The highest BCUT2D eigenvalue weighted by Crippen LogP contribution is 2.58. The number of fused-ring (bicyclic) bond motifs is 1. The number of carboxylic acid groups (broad SMARTS) is 1. The van der Waals surface area contributed by atoms with Crippen molar-refractivity contribution >= 4 is 34.4 Å². The van der Waals surface area contributed by atoms with Gasteiger partial charge in [0.1, 0.15) is 11.4 Å². The molecule has 0 saturated heterocycles. The van der Waals surface area contributed by atoms with E-state index in [-0.39, 0.29) is 11.4 Å². The zero-order chi connectivity index (χ0) is 19.2. The maximum atomic E-state index is 12.7. The first kappa shape index (κ1) is 17.8. The number of aromatic amines is 1. The van der Waals surface area contributed by atoms with Crippen LogP contribution in [0, 0.1) is 17.3 Å². The van der Waals surface area contributed by atoms with Crippen molar-refractivity contribution in [2.45, 2.75) is 13.8 Å². The van der Waals surface area contributed by atoms with Crippen molar-refractivity contribution in [3.05, 3.63) is 23.9 Å². The Bertz CT molecular complexity index is 914. The Hall–Kier alpha value is -3.03. The van der Waals surface area contributed by atoms with Gasteiger partial charge in [-0.05, 0) is 17.5 Å². The lowest BCUT2D eigenvalue weighted by Crippen LogP contribution is -2.19. The summed E-state index contributed by atoms with van der Waals surface area (Å²) in [6.07, 6.45) is 0. The Morgan fingerprint density at radius 2 is 1.88 bits per heavy atom. The molecule has 1 saturated carbocycles. The zero-order valence-electron chi connectivity index (χ0n) is 14.9. The summed E-state index contributed by atoms with van der Waals surface area (Å²) >= 11 is 0. The predicted octanol–water partition coefficient (Wildman–Crippen LogP) is 2.26. The summed E-state index contributed by atoms with van der Waals surface area (Å²) in [6, 6.07) is 5.18. The summed E-state index contributed by atoms with van der Waals surface area (Å²) < 4.78 is 10.1. The van der Waals surface area contributed by atoms with Gasteiger partial charge in [0.05, 0.1) is 42.6 Å². The molecule has 0 unspecified atom stereocenters. The van der Waals surface area contributed by atoms with Gasteiger partial charge in [0, 0.05) is 0 Å². The molecule has 3 N–H and O–H groups in total. The van der Waals surface area contributed by atoms with Gasteiger partial charge in [0.15, 0.2) is 0 Å². The van der Waals surface area contributed by atoms with Gasteiger partial charge >= 0.3 is 11.9 Å². The molecule has 1 aromatic heterocycles. The van der Waals surface area contributed by atoms with E-state index < -0.39 is 35.1 Å². The van der Waals surface area contributed by atoms with Crippen LogP contribution in [0.2, 0.25) is 0 Å². The number of H-pyrrole nitrogens is 1. The van der Waals surface area contributed by atoms with E-state index in [4.69, 9.17) is 9.47 Å². The normalized spacial score (nSPS) is 20.5. The van der Waals surface area contributed by atoms with Crippen LogP contribution in [0.1, 0.15) is 24.3 Å². The number of carboxylic acids is 1. The predicted molar refractivity (Wildman–Crippen MR) is 93.2 cm³/mol. The summed E-state index contributed by atoms with van der Waals surface area (Å²) in [7, 11) is 2.72. The monoisotopic (exact) mass is 360 g/mol. The molecule has 2 aromatic rings. The van der Waals surface area contributed by atoms with Gasteiger partial charge in [-0.25, -0.2) is 4.79 Å². The number of hydrogen-bond acceptors (Lipinski definition) is 5. The van der Waals surface area contributed by atoms with Gasteiger partial charge in [-0.3, -0.25) is 9.59 Å². The minimum atomic E-state index is -1.01. The van der Waals surface area contributed by atoms with Crippen LogP contribution in [-0.2, 0) is 14.3 Å². The summed E-state index contributed by atoms with van der Waals surface area (Å²) in [5.74, 6) is -3.11. The van der Waals surface area contributed by atoms with Crippen LogP contribution < -0.4 is 10.1 Å². The van der Waals surface area contributed by atoms with Crippen molar-refractivity contribution in [1.82, 2.24) is 4.98 Å². The fourth-order valence-electron chi connectivity index (χ4n) is 3.55. The van der Waals surface area contributed by atoms with Crippen LogP contribution in [0.15, 0.2) is 18.2 Å². The average molecular weight is 360 g/mol. The first-order valence-electron chi connectivity index (χ1n) is 8.04. The molecule has 2 atom stereocenters. The number of esters is 1. The highest BCUT2D eigenvalue weighted by molar-refractivity contribution is 6.14. The standard InChI is InChI=1S/C18H20N2O6/c1-18(2)11(12(18)16(22)23)15(21)20-13-10-8(6-5-7-9(10)25-3)19-14(13)17(24)26-4/h5-7,11-12,19H,1-4H3,(H,20,21)(H,22,23)/t11-,12+/m0/s1. The van der Waals surface area contributed by atoms with E-state index in [2.05, 4.69) is 10.3 Å². The molecular formula is C18H20N2O6. The molecular weight excluding hydrogens is 340 g/mol. The summed E-state index contributed by atoms with van der Waals surface area (Å²) in [4.78, 5) is 39.1. The second-order valence-corrected chi connectivity index (χ2v) is 6.85. The molecule has 1 aliphatic rings. The number of rotatable bonds is 5. The van der Waals surface area contributed by atoms with Gasteiger partial charge < -0.3 is 24.9 Å². The lowest BCUT2D eigenvalue weighted by Gasteiger charge is -2.09. The lowest BCUT2D eigenvalue weighted by molar-refractivity contribution is -0.140. The van der Waals surface area contributed by atoms with Crippen LogP contribution in [0.3, 0.4) is 0 Å². The number of carbonyl (C=O) groups excluding carboxylic acids is 2. The van der Waals surface area contributed by atoms with E-state index in [9.17, 15) is 19.5 Å². The number of anilines is 1. The van der Waals surface area contributed by atoms with Crippen molar-refractivity contribution in [2.75, 3.05) is 19.5 Å². The molecule has 3 rings (SSSR count). The number of ether oxygens (including phenoxy) is 2. The summed E-state index contributed by atoms with van der Waals surface area (Å²) in [5.41, 5.74) is 0.231. The number of carbonyl (C=O) groups is 3. The second-order valence-electron chi connectivity index (χ2n) is 6.85. The van der Waals surface area contributed by atoms with Crippen LogP contribution in [0.25, 0.3) is 10.9 Å². The molecule has 0 aliphatic heterocycles. The topological polar surface area (TPSA) is 118 Å². The van der Waals surface area contributed by atoms with Crippen LogP contribution in [0.5, 0.6) is 5.75 Å². The third-order valence-corrected chi connectivity index (χ3v) is 5.02. The molecule has 26 heavy (non-hydrogen) atoms. The SMILES string of the molecule is COC(=O)c1[nH]c2cccc(OC)c2c1NC(=O)[C@@H]1[C@H](C(=O)O)C1(C)C. The van der Waals surface area contributed by atoms with Crippen molar-refractivity contribution in [3.63, 3.8) is 0 Å². The van der Waals surface area contributed by atoms with Crippen molar-refractivity contribution in [2.24, 2.45) is 17.3 Å². The van der Waals surface area contributed by atoms with E-state index >= 15 is 0 Å². The summed E-state index contributed by atoms with van der Waals surface area (Å²) in [5, 5.41) is 12.5. The largest absolute Gasteiger partial charge is 0.496 e. The van der Waals surface area contributed by atoms with E-state index in [1.165, 1.54) is 14.2 Å². The van der Waals surface area contributed by atoms with Gasteiger partial charge in [0.25, 0.3) is 0 Å². The number of hydrogen-bond donors (Lipinski definition) is 3. The van der Waals surface area contributed by atoms with Gasteiger partial charge in [-0.2, -0.15) is 0 Å². The molecule has 1 amide bonds. The molecule has 0 radical (unpaired) electrons. The molecule has 1 heterocycles. The smallest absolute Gasteiger partial charge is 0.356 e. The molecule has 1 aliphatic carbocycles. The fraction of sp³-hybridized carbons (Fsp3) is 0.389. The van der Waals surface area contributed by atoms with E-state index in [1.54, 1.807) is 32.0 Å². The molecule has 8 nitrogen and oxygen atoms in total. The maximum Gasteiger partial charge on any atom is 0.356 e. The first-order valence-corrected chi connectivity index (χ1v) is 8.04. The number of aromatic nitrogens is 1. The number of amides is 1. The average Bonchev–Trinajstić information content (AvgIpc) is 3.01. The van der Waals surface area contributed by atoms with Crippen molar-refractivity contribution in [3.8, 4) is 5.75 Å². The minimum absolute atomic E-state index is 0.0747. The zero-order valence-corrected chi connectivity index (χ0v) is 14.9. The molecule has 1 fully saturated rings. The maximum absolute atomic E-state index is 12.7. The Morgan fingerprint density at radius 1 is 1.19 bits per heavy atom. The first-order chi connectivity index (χ1) is 12.2. The minimum Gasteiger partial charge on any atom is -0.496 e. The third-order valence-electron chi connectivity index (χ3n) is 5.02. The Labute approximate surface area is 149 Å². The van der Waals surface area contributed by atoms with Gasteiger partial charge in [-0.15, -0.1) is 0 Å². The van der Waals surface area contributed by atoms with Crippen LogP contribution >= 0.6 is 0 Å². The molecule has 138 valence electrons. The number of aliphatic carboxylic acids is 1. The molecule has 8 heteroatoms. The highest BCUT2D eigenvalue weighted by atomic mass is 16.5.